The fourth-order valence-corrected chi connectivity index (χ4v) is 1.50. The monoisotopic (exact) mass is 198 g/mol. The first-order valence-electron chi connectivity index (χ1n) is 4.25. The lowest BCUT2D eigenvalue weighted by Gasteiger charge is -2.40. The van der Waals surface area contributed by atoms with E-state index in [0.717, 1.165) is 18.9 Å². The predicted octanol–water partition coefficient (Wildman–Crippen LogP) is 0.667. The van der Waals surface area contributed by atoms with Crippen LogP contribution in [0.4, 0.5) is 5.95 Å². The molecule has 0 saturated carbocycles. The van der Waals surface area contributed by atoms with Crippen LogP contribution in [0.2, 0.25) is 5.02 Å². The normalized spacial score (nSPS) is 21.4. The molecule has 0 amide bonds. The zero-order chi connectivity index (χ0) is 9.26. The minimum absolute atomic E-state index is 0.404. The van der Waals surface area contributed by atoms with Crippen molar-refractivity contribution in [3.05, 3.63) is 17.4 Å². The molecule has 1 fully saturated rings. The molecule has 70 valence electrons. The molecule has 2 rings (SSSR count). The van der Waals surface area contributed by atoms with Crippen LogP contribution < -0.4 is 10.6 Å². The summed E-state index contributed by atoms with van der Waals surface area (Å²) in [5.74, 6) is 0.728. The third-order valence-corrected chi connectivity index (χ3v) is 2.47. The van der Waals surface area contributed by atoms with E-state index in [1.165, 1.54) is 0 Å². The molecule has 5 heteroatoms. The van der Waals surface area contributed by atoms with Crippen LogP contribution in [0, 0.1) is 0 Å². The van der Waals surface area contributed by atoms with E-state index in [1.807, 2.05) is 0 Å². The Morgan fingerprint density at radius 1 is 1.54 bits per heavy atom. The van der Waals surface area contributed by atoms with Crippen molar-refractivity contribution in [2.24, 2.45) is 5.73 Å². The number of hydrogen-bond donors (Lipinski definition) is 1. The van der Waals surface area contributed by atoms with Crippen LogP contribution in [-0.4, -0.2) is 29.1 Å². The summed E-state index contributed by atoms with van der Waals surface area (Å²) in [6.45, 7) is 1.65. The van der Waals surface area contributed by atoms with Gasteiger partial charge in [0.1, 0.15) is 0 Å². The standard InChI is InChI=1S/C8H11ClN4/c9-6-4-11-8(12-5-6)13-2-1-7(13)3-10/h4-5,7H,1-3,10H2. The number of rotatable bonds is 2. The van der Waals surface area contributed by atoms with Gasteiger partial charge < -0.3 is 10.6 Å². The second kappa shape index (κ2) is 3.47. The van der Waals surface area contributed by atoms with Crippen LogP contribution in [0.25, 0.3) is 0 Å². The summed E-state index contributed by atoms with van der Waals surface area (Å²) in [6, 6.07) is 0.404. The Balaban J connectivity index is 2.12. The average Bonchev–Trinajstić information content (AvgIpc) is 2.08. The third kappa shape index (κ3) is 1.59. The van der Waals surface area contributed by atoms with Gasteiger partial charge in [-0.25, -0.2) is 9.97 Å². The van der Waals surface area contributed by atoms with E-state index in [9.17, 15) is 0 Å². The number of anilines is 1. The number of halogens is 1. The number of nitrogens with two attached hydrogens (primary N) is 1. The topological polar surface area (TPSA) is 55.0 Å². The molecule has 13 heavy (non-hydrogen) atoms. The second-order valence-electron chi connectivity index (χ2n) is 3.07. The molecule has 1 unspecified atom stereocenters. The maximum absolute atomic E-state index is 5.68. The van der Waals surface area contributed by atoms with Gasteiger partial charge in [0.2, 0.25) is 5.95 Å². The highest BCUT2D eigenvalue weighted by atomic mass is 35.5. The fraction of sp³-hybridized carbons (Fsp3) is 0.500. The van der Waals surface area contributed by atoms with Crippen LogP contribution in [0.1, 0.15) is 6.42 Å². The van der Waals surface area contributed by atoms with Gasteiger partial charge in [0.25, 0.3) is 0 Å². The van der Waals surface area contributed by atoms with Gasteiger partial charge in [-0.3, -0.25) is 0 Å². The van der Waals surface area contributed by atoms with Crippen molar-refractivity contribution in [1.82, 2.24) is 9.97 Å². The molecule has 1 saturated heterocycles. The summed E-state index contributed by atoms with van der Waals surface area (Å²) >= 11 is 5.68. The van der Waals surface area contributed by atoms with E-state index < -0.39 is 0 Å². The molecule has 1 aliphatic rings. The van der Waals surface area contributed by atoms with Gasteiger partial charge in [0, 0.05) is 19.1 Å². The second-order valence-corrected chi connectivity index (χ2v) is 3.51. The highest BCUT2D eigenvalue weighted by molar-refractivity contribution is 6.30. The van der Waals surface area contributed by atoms with Gasteiger partial charge >= 0.3 is 0 Å². The van der Waals surface area contributed by atoms with Crippen molar-refractivity contribution >= 4 is 17.5 Å². The molecule has 1 aromatic rings. The lowest BCUT2D eigenvalue weighted by Crippen LogP contribution is -2.52. The van der Waals surface area contributed by atoms with Crippen molar-refractivity contribution in [2.45, 2.75) is 12.5 Å². The highest BCUT2D eigenvalue weighted by Gasteiger charge is 2.28. The Kier molecular flexibility index (Phi) is 2.33. The van der Waals surface area contributed by atoms with Gasteiger partial charge in [-0.05, 0) is 6.42 Å². The van der Waals surface area contributed by atoms with Gasteiger partial charge in [-0.2, -0.15) is 0 Å². The van der Waals surface area contributed by atoms with Crippen molar-refractivity contribution in [3.63, 3.8) is 0 Å². The number of hydrogen-bond acceptors (Lipinski definition) is 4. The quantitative estimate of drug-likeness (QED) is 0.759. The van der Waals surface area contributed by atoms with Crippen molar-refractivity contribution in [1.29, 1.82) is 0 Å². The zero-order valence-electron chi connectivity index (χ0n) is 7.15. The fourth-order valence-electron chi connectivity index (χ4n) is 1.40. The maximum atomic E-state index is 5.68. The average molecular weight is 199 g/mol. The molecule has 0 spiro atoms. The Morgan fingerprint density at radius 3 is 2.69 bits per heavy atom. The Bertz CT molecular complexity index is 285. The van der Waals surface area contributed by atoms with E-state index in [2.05, 4.69) is 14.9 Å². The largest absolute Gasteiger partial charge is 0.336 e. The summed E-state index contributed by atoms with van der Waals surface area (Å²) < 4.78 is 0. The summed E-state index contributed by atoms with van der Waals surface area (Å²) in [5.41, 5.74) is 5.57. The molecule has 4 nitrogen and oxygen atoms in total. The first-order chi connectivity index (χ1) is 6.31. The SMILES string of the molecule is NCC1CCN1c1ncc(Cl)cn1. The van der Waals surface area contributed by atoms with Gasteiger partial charge in [0.15, 0.2) is 0 Å². The molecule has 0 aromatic carbocycles. The summed E-state index contributed by atoms with van der Waals surface area (Å²) in [7, 11) is 0. The van der Waals surface area contributed by atoms with E-state index in [-0.39, 0.29) is 0 Å². The summed E-state index contributed by atoms with van der Waals surface area (Å²) in [4.78, 5) is 10.3. The molecule has 1 aromatic heterocycles. The smallest absolute Gasteiger partial charge is 0.225 e. The van der Waals surface area contributed by atoms with Crippen LogP contribution in [0.3, 0.4) is 0 Å². The molecule has 2 heterocycles. The molecular formula is C8H11ClN4. The van der Waals surface area contributed by atoms with Crippen LogP contribution >= 0.6 is 11.6 Å². The zero-order valence-corrected chi connectivity index (χ0v) is 7.91. The Hall–Kier alpha value is -0.870. The Labute approximate surface area is 81.7 Å². The predicted molar refractivity (Wildman–Crippen MR) is 51.8 cm³/mol. The molecular weight excluding hydrogens is 188 g/mol. The molecule has 2 N–H and O–H groups in total. The van der Waals surface area contributed by atoms with E-state index in [4.69, 9.17) is 17.3 Å². The van der Waals surface area contributed by atoms with Crippen molar-refractivity contribution in [2.75, 3.05) is 18.0 Å². The molecule has 0 radical (unpaired) electrons. The minimum Gasteiger partial charge on any atom is -0.336 e. The lowest BCUT2D eigenvalue weighted by atomic mass is 10.0. The molecule has 0 bridgehead atoms. The van der Waals surface area contributed by atoms with Crippen LogP contribution in [-0.2, 0) is 0 Å². The first-order valence-corrected chi connectivity index (χ1v) is 4.63. The number of aromatic nitrogens is 2. The van der Waals surface area contributed by atoms with Crippen LogP contribution in [0.15, 0.2) is 12.4 Å². The lowest BCUT2D eigenvalue weighted by molar-refractivity contribution is 0.447. The highest BCUT2D eigenvalue weighted by Crippen LogP contribution is 2.22. The minimum atomic E-state index is 0.404. The molecule has 1 aliphatic heterocycles. The summed E-state index contributed by atoms with van der Waals surface area (Å²) in [5, 5.41) is 0.563. The number of nitrogens with zero attached hydrogens (tertiary/aromatic N) is 3. The maximum Gasteiger partial charge on any atom is 0.225 e. The van der Waals surface area contributed by atoms with Gasteiger partial charge in [-0.15, -0.1) is 0 Å². The van der Waals surface area contributed by atoms with Gasteiger partial charge in [-0.1, -0.05) is 11.6 Å². The molecule has 1 atom stereocenters. The van der Waals surface area contributed by atoms with E-state index in [1.54, 1.807) is 12.4 Å². The van der Waals surface area contributed by atoms with Crippen LogP contribution in [0.5, 0.6) is 0 Å². The van der Waals surface area contributed by atoms with Gasteiger partial charge in [0.05, 0.1) is 17.4 Å². The van der Waals surface area contributed by atoms with Crippen molar-refractivity contribution < 1.29 is 0 Å². The van der Waals surface area contributed by atoms with Crippen molar-refractivity contribution in [3.8, 4) is 0 Å². The van der Waals surface area contributed by atoms with E-state index in [0.29, 0.717) is 17.6 Å². The van der Waals surface area contributed by atoms with E-state index >= 15 is 0 Å². The Morgan fingerprint density at radius 2 is 2.23 bits per heavy atom. The molecule has 0 aliphatic carbocycles. The third-order valence-electron chi connectivity index (χ3n) is 2.28. The first kappa shape index (κ1) is 8.72. The summed E-state index contributed by atoms with van der Waals surface area (Å²) in [6.07, 6.45) is 4.34.